The maximum Gasteiger partial charge on any atom is 0.224 e. The average Bonchev–Trinajstić information content (AvgIpc) is 2.29. The minimum absolute atomic E-state index is 0.0755. The summed E-state index contributed by atoms with van der Waals surface area (Å²) in [6, 6.07) is 7.82. The van der Waals surface area contributed by atoms with Crippen molar-refractivity contribution >= 4 is 5.91 Å². The van der Waals surface area contributed by atoms with Gasteiger partial charge in [0.2, 0.25) is 5.91 Å². The van der Waals surface area contributed by atoms with Crippen LogP contribution in [0.5, 0.6) is 0 Å². The second-order valence-electron chi connectivity index (χ2n) is 4.68. The first-order valence-electron chi connectivity index (χ1n) is 6.17. The Labute approximate surface area is 103 Å². The number of hydrogen-bond donors (Lipinski definition) is 2. The highest BCUT2D eigenvalue weighted by Gasteiger charge is 2.06. The zero-order chi connectivity index (χ0) is 12.7. The Hall–Kier alpha value is -1.35. The number of nitrogens with one attached hydrogen (secondary N) is 1. The highest BCUT2D eigenvalue weighted by Crippen LogP contribution is 2.08. The molecule has 94 valence electrons. The predicted molar refractivity (Wildman–Crippen MR) is 70.5 cm³/mol. The summed E-state index contributed by atoms with van der Waals surface area (Å²) in [5.41, 5.74) is 7.71. The first-order valence-corrected chi connectivity index (χ1v) is 6.17. The van der Waals surface area contributed by atoms with Crippen LogP contribution in [0, 0.1) is 5.92 Å². The number of nitrogens with two attached hydrogens (primary N) is 1. The van der Waals surface area contributed by atoms with Gasteiger partial charge in [0.1, 0.15) is 0 Å². The van der Waals surface area contributed by atoms with Gasteiger partial charge in [0.15, 0.2) is 0 Å². The van der Waals surface area contributed by atoms with E-state index in [0.717, 1.165) is 24.1 Å². The van der Waals surface area contributed by atoms with Crippen molar-refractivity contribution < 1.29 is 4.79 Å². The Kier molecular flexibility index (Phi) is 5.70. The zero-order valence-electron chi connectivity index (χ0n) is 10.7. The summed E-state index contributed by atoms with van der Waals surface area (Å²) in [5, 5.41) is 2.93. The SMILES string of the molecule is CC(C)CCNC(=O)Cc1ccccc1CN. The van der Waals surface area contributed by atoms with Crippen LogP contribution in [-0.2, 0) is 17.8 Å². The molecule has 0 aliphatic heterocycles. The highest BCUT2D eigenvalue weighted by molar-refractivity contribution is 5.78. The second kappa shape index (κ2) is 7.07. The van der Waals surface area contributed by atoms with Gasteiger partial charge in [-0.1, -0.05) is 38.1 Å². The molecule has 0 radical (unpaired) electrons. The molecule has 1 rings (SSSR count). The van der Waals surface area contributed by atoms with Crippen molar-refractivity contribution in [3.05, 3.63) is 35.4 Å². The molecule has 0 heterocycles. The molecular weight excluding hydrogens is 212 g/mol. The van der Waals surface area contributed by atoms with Crippen LogP contribution < -0.4 is 11.1 Å². The second-order valence-corrected chi connectivity index (χ2v) is 4.68. The molecule has 0 saturated carbocycles. The monoisotopic (exact) mass is 234 g/mol. The summed E-state index contributed by atoms with van der Waals surface area (Å²) in [5.74, 6) is 0.693. The third kappa shape index (κ3) is 5.00. The van der Waals surface area contributed by atoms with Gasteiger partial charge in [0.25, 0.3) is 0 Å². The molecule has 0 atom stereocenters. The van der Waals surface area contributed by atoms with Gasteiger partial charge in [0.05, 0.1) is 6.42 Å². The van der Waals surface area contributed by atoms with Crippen molar-refractivity contribution in [2.24, 2.45) is 11.7 Å². The summed E-state index contributed by atoms with van der Waals surface area (Å²) in [6.45, 7) is 5.53. The standard InChI is InChI=1S/C14H22N2O/c1-11(2)7-8-16-14(17)9-12-5-3-4-6-13(12)10-15/h3-6,11H,7-10,15H2,1-2H3,(H,16,17). The fourth-order valence-corrected chi connectivity index (χ4v) is 1.66. The van der Waals surface area contributed by atoms with Crippen molar-refractivity contribution in [3.63, 3.8) is 0 Å². The van der Waals surface area contributed by atoms with Crippen molar-refractivity contribution in [1.82, 2.24) is 5.32 Å². The fourth-order valence-electron chi connectivity index (χ4n) is 1.66. The van der Waals surface area contributed by atoms with Crippen LogP contribution in [-0.4, -0.2) is 12.5 Å². The Morgan fingerprint density at radius 1 is 1.29 bits per heavy atom. The van der Waals surface area contributed by atoms with Gasteiger partial charge in [-0.2, -0.15) is 0 Å². The summed E-state index contributed by atoms with van der Waals surface area (Å²) >= 11 is 0. The van der Waals surface area contributed by atoms with E-state index in [9.17, 15) is 4.79 Å². The van der Waals surface area contributed by atoms with Crippen LogP contribution in [0.4, 0.5) is 0 Å². The van der Waals surface area contributed by atoms with Crippen LogP contribution in [0.15, 0.2) is 24.3 Å². The highest BCUT2D eigenvalue weighted by atomic mass is 16.1. The van der Waals surface area contributed by atoms with Gasteiger partial charge in [-0.25, -0.2) is 0 Å². The minimum atomic E-state index is 0.0755. The lowest BCUT2D eigenvalue weighted by Gasteiger charge is -2.09. The van der Waals surface area contributed by atoms with Gasteiger partial charge in [-0.15, -0.1) is 0 Å². The van der Waals surface area contributed by atoms with Crippen LogP contribution in [0.1, 0.15) is 31.4 Å². The van der Waals surface area contributed by atoms with E-state index in [-0.39, 0.29) is 5.91 Å². The lowest BCUT2D eigenvalue weighted by Crippen LogP contribution is -2.27. The number of carbonyl (C=O) groups excluding carboxylic acids is 1. The Bertz CT molecular complexity index is 361. The topological polar surface area (TPSA) is 55.1 Å². The van der Waals surface area contributed by atoms with E-state index >= 15 is 0 Å². The van der Waals surface area contributed by atoms with E-state index in [2.05, 4.69) is 19.2 Å². The normalized spacial score (nSPS) is 10.6. The molecular formula is C14H22N2O. The van der Waals surface area contributed by atoms with Gasteiger partial charge in [-0.05, 0) is 23.5 Å². The molecule has 1 aromatic rings. The van der Waals surface area contributed by atoms with Crippen molar-refractivity contribution in [2.75, 3.05) is 6.54 Å². The number of carbonyl (C=O) groups is 1. The molecule has 0 aromatic heterocycles. The van der Waals surface area contributed by atoms with E-state index in [1.54, 1.807) is 0 Å². The molecule has 0 bridgehead atoms. The van der Waals surface area contributed by atoms with Crippen molar-refractivity contribution in [1.29, 1.82) is 0 Å². The predicted octanol–water partition coefficient (Wildman–Crippen LogP) is 1.85. The molecule has 0 fully saturated rings. The maximum atomic E-state index is 11.7. The molecule has 0 spiro atoms. The summed E-state index contributed by atoms with van der Waals surface area (Å²) in [6.07, 6.45) is 1.44. The first kappa shape index (κ1) is 13.7. The number of hydrogen-bond acceptors (Lipinski definition) is 2. The fraction of sp³-hybridized carbons (Fsp3) is 0.500. The van der Waals surface area contributed by atoms with E-state index in [0.29, 0.717) is 18.9 Å². The van der Waals surface area contributed by atoms with E-state index in [1.165, 1.54) is 0 Å². The van der Waals surface area contributed by atoms with Crippen LogP contribution >= 0.6 is 0 Å². The Morgan fingerprint density at radius 2 is 1.94 bits per heavy atom. The summed E-state index contributed by atoms with van der Waals surface area (Å²) < 4.78 is 0. The summed E-state index contributed by atoms with van der Waals surface area (Å²) in [4.78, 5) is 11.7. The number of amides is 1. The first-order chi connectivity index (χ1) is 8.13. The lowest BCUT2D eigenvalue weighted by atomic mass is 10.0. The molecule has 0 aliphatic carbocycles. The van der Waals surface area contributed by atoms with Crippen molar-refractivity contribution in [2.45, 2.75) is 33.2 Å². The maximum absolute atomic E-state index is 11.7. The molecule has 3 heteroatoms. The third-order valence-corrected chi connectivity index (χ3v) is 2.73. The molecule has 0 saturated heterocycles. The molecule has 1 amide bonds. The van der Waals surface area contributed by atoms with Crippen LogP contribution in [0.3, 0.4) is 0 Å². The zero-order valence-corrected chi connectivity index (χ0v) is 10.7. The average molecular weight is 234 g/mol. The summed E-state index contributed by atoms with van der Waals surface area (Å²) in [7, 11) is 0. The van der Waals surface area contributed by atoms with Crippen LogP contribution in [0.2, 0.25) is 0 Å². The minimum Gasteiger partial charge on any atom is -0.356 e. The van der Waals surface area contributed by atoms with Crippen LogP contribution in [0.25, 0.3) is 0 Å². The van der Waals surface area contributed by atoms with Gasteiger partial charge in [0, 0.05) is 13.1 Å². The molecule has 17 heavy (non-hydrogen) atoms. The largest absolute Gasteiger partial charge is 0.356 e. The van der Waals surface area contributed by atoms with Gasteiger partial charge in [-0.3, -0.25) is 4.79 Å². The van der Waals surface area contributed by atoms with Gasteiger partial charge < -0.3 is 11.1 Å². The Morgan fingerprint density at radius 3 is 2.53 bits per heavy atom. The van der Waals surface area contributed by atoms with E-state index in [4.69, 9.17) is 5.73 Å². The number of rotatable bonds is 6. The molecule has 0 unspecified atom stereocenters. The van der Waals surface area contributed by atoms with Crippen molar-refractivity contribution in [3.8, 4) is 0 Å². The molecule has 1 aromatic carbocycles. The smallest absolute Gasteiger partial charge is 0.224 e. The molecule has 3 nitrogen and oxygen atoms in total. The lowest BCUT2D eigenvalue weighted by molar-refractivity contribution is -0.120. The van der Waals surface area contributed by atoms with Gasteiger partial charge >= 0.3 is 0 Å². The quantitative estimate of drug-likeness (QED) is 0.789. The number of benzene rings is 1. The molecule has 0 aliphatic rings. The third-order valence-electron chi connectivity index (χ3n) is 2.73. The van der Waals surface area contributed by atoms with E-state index in [1.807, 2.05) is 24.3 Å². The molecule has 3 N–H and O–H groups in total. The Balaban J connectivity index is 2.45. The van der Waals surface area contributed by atoms with E-state index < -0.39 is 0 Å².